The zero-order valence-corrected chi connectivity index (χ0v) is 17.8. The molecule has 1 aliphatic rings. The lowest BCUT2D eigenvalue weighted by atomic mass is 10.1. The lowest BCUT2D eigenvalue weighted by Gasteiger charge is -2.22. The van der Waals surface area contributed by atoms with Crippen LogP contribution in [0.3, 0.4) is 0 Å². The zero-order valence-electron chi connectivity index (χ0n) is 15.5. The Morgan fingerprint density at radius 3 is 2.68 bits per heavy atom. The molecule has 1 aromatic heterocycles. The third-order valence-corrected chi connectivity index (χ3v) is 3.92. The Hall–Kier alpha value is -0.870. The van der Waals surface area contributed by atoms with Crippen molar-refractivity contribution in [2.24, 2.45) is 4.99 Å². The maximum absolute atomic E-state index is 5.86. The predicted molar refractivity (Wildman–Crippen MR) is 109 cm³/mol. The highest BCUT2D eigenvalue weighted by atomic mass is 127. The molecule has 0 radical (unpaired) electrons. The molecule has 1 aromatic rings. The lowest BCUT2D eigenvalue weighted by Crippen LogP contribution is -2.38. The average molecular weight is 466 g/mol. The maximum atomic E-state index is 5.86. The van der Waals surface area contributed by atoms with Crippen LogP contribution >= 0.6 is 24.0 Å². The van der Waals surface area contributed by atoms with Gasteiger partial charge in [-0.05, 0) is 40.0 Å². The summed E-state index contributed by atoms with van der Waals surface area (Å²) in [6.07, 6.45) is 3.31. The van der Waals surface area contributed by atoms with Crippen molar-refractivity contribution in [1.82, 2.24) is 15.6 Å². The van der Waals surface area contributed by atoms with E-state index in [9.17, 15) is 0 Å². The molecule has 1 aliphatic heterocycles. The molecule has 0 aromatic carbocycles. The van der Waals surface area contributed by atoms with Crippen molar-refractivity contribution in [3.8, 4) is 0 Å². The first-order valence-corrected chi connectivity index (χ1v) is 8.83. The van der Waals surface area contributed by atoms with Crippen LogP contribution in [0.2, 0.25) is 0 Å². The van der Waals surface area contributed by atoms with Crippen LogP contribution in [0.5, 0.6) is 0 Å². The molecule has 0 unspecified atom stereocenters. The molecule has 1 saturated heterocycles. The molecular weight excluding hydrogens is 435 g/mol. The summed E-state index contributed by atoms with van der Waals surface area (Å²) in [5, 5.41) is 6.54. The molecule has 25 heavy (non-hydrogen) atoms. The van der Waals surface area contributed by atoms with Crippen molar-refractivity contribution in [2.75, 3.05) is 32.9 Å². The first-order chi connectivity index (χ1) is 11.7. The number of aryl methyl sites for hydroxylation is 2. The largest absolute Gasteiger partial charge is 0.444 e. The van der Waals surface area contributed by atoms with Crippen molar-refractivity contribution in [1.29, 1.82) is 0 Å². The predicted octanol–water partition coefficient (Wildman–Crippen LogP) is 2.55. The normalized spacial score (nSPS) is 15.7. The minimum atomic E-state index is 0. The van der Waals surface area contributed by atoms with E-state index in [0.29, 0.717) is 18.5 Å². The van der Waals surface area contributed by atoms with Crippen molar-refractivity contribution in [3.05, 3.63) is 17.3 Å². The van der Waals surface area contributed by atoms with Crippen LogP contribution in [-0.4, -0.2) is 50.0 Å². The van der Waals surface area contributed by atoms with Gasteiger partial charge in [0.1, 0.15) is 12.3 Å². The summed E-state index contributed by atoms with van der Waals surface area (Å²) >= 11 is 0. The monoisotopic (exact) mass is 466 g/mol. The summed E-state index contributed by atoms with van der Waals surface area (Å²) in [6, 6.07) is 0. The third-order valence-electron chi connectivity index (χ3n) is 3.92. The van der Waals surface area contributed by atoms with Gasteiger partial charge in [0.25, 0.3) is 0 Å². The van der Waals surface area contributed by atoms with E-state index in [-0.39, 0.29) is 24.0 Å². The van der Waals surface area contributed by atoms with Crippen LogP contribution in [0.4, 0.5) is 0 Å². The van der Waals surface area contributed by atoms with Crippen LogP contribution in [0.1, 0.15) is 43.5 Å². The first kappa shape index (κ1) is 22.2. The Morgan fingerprint density at radius 2 is 2.04 bits per heavy atom. The van der Waals surface area contributed by atoms with E-state index in [2.05, 4.69) is 20.6 Å². The smallest absolute Gasteiger partial charge is 0.216 e. The van der Waals surface area contributed by atoms with Gasteiger partial charge in [0.15, 0.2) is 5.96 Å². The van der Waals surface area contributed by atoms with Crippen molar-refractivity contribution in [2.45, 2.75) is 52.7 Å². The number of halogens is 1. The second-order valence-corrected chi connectivity index (χ2v) is 5.91. The van der Waals surface area contributed by atoms with Crippen LogP contribution in [0, 0.1) is 13.8 Å². The minimum Gasteiger partial charge on any atom is -0.444 e. The van der Waals surface area contributed by atoms with Crippen molar-refractivity contribution in [3.63, 3.8) is 0 Å². The molecule has 0 atom stereocenters. The molecule has 2 heterocycles. The van der Waals surface area contributed by atoms with Gasteiger partial charge in [0, 0.05) is 32.9 Å². The van der Waals surface area contributed by atoms with Gasteiger partial charge in [-0.3, -0.25) is 0 Å². The van der Waals surface area contributed by atoms with Gasteiger partial charge in [-0.2, -0.15) is 0 Å². The highest BCUT2D eigenvalue weighted by Gasteiger charge is 2.13. The minimum absolute atomic E-state index is 0. The lowest BCUT2D eigenvalue weighted by molar-refractivity contribution is -0.0320. The highest BCUT2D eigenvalue weighted by Crippen LogP contribution is 2.10. The number of nitrogens with zero attached hydrogens (tertiary/aromatic N) is 2. The van der Waals surface area contributed by atoms with Crippen molar-refractivity contribution < 1.29 is 13.9 Å². The molecule has 144 valence electrons. The molecule has 0 saturated carbocycles. The fourth-order valence-corrected chi connectivity index (χ4v) is 2.47. The molecule has 0 spiro atoms. The van der Waals surface area contributed by atoms with Gasteiger partial charge >= 0.3 is 0 Å². The van der Waals surface area contributed by atoms with E-state index in [4.69, 9.17) is 13.9 Å². The molecule has 2 N–H and O–H groups in total. The zero-order chi connectivity index (χ0) is 17.2. The Bertz CT molecular complexity index is 496. The van der Waals surface area contributed by atoms with E-state index in [1.54, 1.807) is 0 Å². The molecule has 8 heteroatoms. The van der Waals surface area contributed by atoms with Crippen LogP contribution < -0.4 is 10.6 Å². The van der Waals surface area contributed by atoms with Gasteiger partial charge in [-0.15, -0.1) is 24.0 Å². The van der Waals surface area contributed by atoms with E-state index >= 15 is 0 Å². The van der Waals surface area contributed by atoms with Gasteiger partial charge in [-0.25, -0.2) is 9.98 Å². The van der Waals surface area contributed by atoms with Gasteiger partial charge in [-0.1, -0.05) is 0 Å². The summed E-state index contributed by atoms with van der Waals surface area (Å²) < 4.78 is 16.7. The number of oxazole rings is 1. The SMILES string of the molecule is CCNC(=NCc1nc(C)c(C)o1)NCCCOC1CCOCC1.I. The topological polar surface area (TPSA) is 80.9 Å². The Labute approximate surface area is 167 Å². The molecular formula is C17H31IN4O3. The van der Waals surface area contributed by atoms with Crippen LogP contribution in [0.15, 0.2) is 9.41 Å². The van der Waals surface area contributed by atoms with Crippen molar-refractivity contribution >= 4 is 29.9 Å². The van der Waals surface area contributed by atoms with E-state index in [0.717, 1.165) is 69.6 Å². The fourth-order valence-electron chi connectivity index (χ4n) is 2.47. The van der Waals surface area contributed by atoms with E-state index in [1.165, 1.54) is 0 Å². The fraction of sp³-hybridized carbons (Fsp3) is 0.765. The maximum Gasteiger partial charge on any atom is 0.216 e. The molecule has 1 fully saturated rings. The van der Waals surface area contributed by atoms with Gasteiger partial charge < -0.3 is 24.5 Å². The molecule has 2 rings (SSSR count). The summed E-state index contributed by atoms with van der Waals surface area (Å²) in [5.74, 6) is 2.27. The Balaban J connectivity index is 0.00000312. The summed E-state index contributed by atoms with van der Waals surface area (Å²) in [6.45, 7) is 10.4. The first-order valence-electron chi connectivity index (χ1n) is 8.83. The number of hydrogen-bond acceptors (Lipinski definition) is 5. The van der Waals surface area contributed by atoms with Gasteiger partial charge in [0.05, 0.1) is 11.8 Å². The Kier molecular flexibility index (Phi) is 11.1. The van der Waals surface area contributed by atoms with Gasteiger partial charge in [0.2, 0.25) is 5.89 Å². The summed E-state index contributed by atoms with van der Waals surface area (Å²) in [7, 11) is 0. The average Bonchev–Trinajstić information content (AvgIpc) is 2.91. The third kappa shape index (κ3) is 8.37. The highest BCUT2D eigenvalue weighted by molar-refractivity contribution is 14.0. The quantitative estimate of drug-likeness (QED) is 0.265. The second kappa shape index (κ2) is 12.5. The number of aromatic nitrogens is 1. The van der Waals surface area contributed by atoms with Crippen LogP contribution in [0.25, 0.3) is 0 Å². The summed E-state index contributed by atoms with van der Waals surface area (Å²) in [4.78, 5) is 8.85. The number of guanidine groups is 1. The standard InChI is InChI=1S/C17H30N4O3.HI/c1-4-18-17(20-12-16-21-13(2)14(3)24-16)19-8-5-9-23-15-6-10-22-11-7-15;/h15H,4-12H2,1-3H3,(H2,18,19,20);1H. The number of ether oxygens (including phenoxy) is 2. The molecule has 0 amide bonds. The van der Waals surface area contributed by atoms with E-state index < -0.39 is 0 Å². The second-order valence-electron chi connectivity index (χ2n) is 5.91. The Morgan fingerprint density at radius 1 is 1.28 bits per heavy atom. The number of hydrogen-bond donors (Lipinski definition) is 2. The molecule has 0 aliphatic carbocycles. The van der Waals surface area contributed by atoms with E-state index in [1.807, 2.05) is 20.8 Å². The number of rotatable bonds is 8. The summed E-state index contributed by atoms with van der Waals surface area (Å²) in [5.41, 5.74) is 0.920. The number of aliphatic imine (C=N–C) groups is 1. The molecule has 7 nitrogen and oxygen atoms in total. The molecule has 0 bridgehead atoms. The number of nitrogens with one attached hydrogen (secondary N) is 2. The van der Waals surface area contributed by atoms with Crippen LogP contribution in [-0.2, 0) is 16.0 Å².